The number of hydrogen-bond acceptors (Lipinski definition) is 3. The second-order valence-corrected chi connectivity index (χ2v) is 4.61. The molecule has 0 aliphatic carbocycles. The molecule has 1 aliphatic rings. The van der Waals surface area contributed by atoms with Gasteiger partial charge in [0.05, 0.1) is 0 Å². The summed E-state index contributed by atoms with van der Waals surface area (Å²) in [6.07, 6.45) is 4.80. The summed E-state index contributed by atoms with van der Waals surface area (Å²) >= 11 is 0. The first-order valence-electron chi connectivity index (χ1n) is 6.45. The first-order chi connectivity index (χ1) is 8.58. The van der Waals surface area contributed by atoms with Crippen molar-refractivity contribution in [1.82, 2.24) is 10.6 Å². The fraction of sp³-hybridized carbons (Fsp3) is 0.750. The smallest absolute Gasteiger partial charge is 0.221 e. The number of carbonyl (C=O) groups is 3. The average Bonchev–Trinajstić information content (AvgIpc) is 2.49. The van der Waals surface area contributed by atoms with E-state index in [1.165, 1.54) is 0 Å². The van der Waals surface area contributed by atoms with Gasteiger partial charge in [-0.25, -0.2) is 0 Å². The molecule has 6 nitrogen and oxygen atoms in total. The quantitative estimate of drug-likeness (QED) is 0.589. The van der Waals surface area contributed by atoms with Crippen molar-refractivity contribution >= 4 is 17.7 Å². The standard InChI is InChI=1S/C12H21N3O3/c13-9(16)5-1-3-7-11(17)14-10-6-2-4-8-12(18)15-10/h10H,1-8H2,(H2,13,16)(H,14,17)(H,15,18). The fourth-order valence-electron chi connectivity index (χ4n) is 1.93. The maximum atomic E-state index is 11.6. The lowest BCUT2D eigenvalue weighted by molar-refractivity contribution is -0.124. The van der Waals surface area contributed by atoms with Crippen LogP contribution in [0.2, 0.25) is 0 Å². The highest BCUT2D eigenvalue weighted by molar-refractivity contribution is 5.79. The molecule has 102 valence electrons. The zero-order chi connectivity index (χ0) is 13.4. The zero-order valence-corrected chi connectivity index (χ0v) is 10.5. The normalized spacial score (nSPS) is 19.8. The molecule has 0 aromatic heterocycles. The van der Waals surface area contributed by atoms with Gasteiger partial charge in [-0.3, -0.25) is 14.4 Å². The summed E-state index contributed by atoms with van der Waals surface area (Å²) < 4.78 is 0. The lowest BCUT2D eigenvalue weighted by atomic mass is 10.1. The molecule has 0 aromatic rings. The van der Waals surface area contributed by atoms with E-state index in [1.54, 1.807) is 0 Å². The third-order valence-electron chi connectivity index (χ3n) is 2.89. The molecule has 1 rings (SSSR count). The van der Waals surface area contributed by atoms with Crippen molar-refractivity contribution in [3.8, 4) is 0 Å². The first-order valence-corrected chi connectivity index (χ1v) is 6.45. The van der Waals surface area contributed by atoms with Crippen LogP contribution in [-0.4, -0.2) is 23.9 Å². The molecular formula is C12H21N3O3. The van der Waals surface area contributed by atoms with E-state index in [1.807, 2.05) is 0 Å². The Hall–Kier alpha value is -1.59. The first kappa shape index (κ1) is 14.5. The molecule has 0 saturated carbocycles. The molecule has 1 fully saturated rings. The summed E-state index contributed by atoms with van der Waals surface area (Å²) in [5.41, 5.74) is 5.00. The molecule has 3 amide bonds. The third kappa shape index (κ3) is 6.22. The van der Waals surface area contributed by atoms with E-state index in [4.69, 9.17) is 5.73 Å². The van der Waals surface area contributed by atoms with Gasteiger partial charge in [0.25, 0.3) is 0 Å². The summed E-state index contributed by atoms with van der Waals surface area (Å²) in [4.78, 5) is 33.4. The van der Waals surface area contributed by atoms with Crippen LogP contribution >= 0.6 is 0 Å². The van der Waals surface area contributed by atoms with E-state index < -0.39 is 0 Å². The molecule has 1 saturated heterocycles. The Bertz CT molecular complexity index is 318. The molecule has 6 heteroatoms. The monoisotopic (exact) mass is 255 g/mol. The molecule has 1 heterocycles. The summed E-state index contributed by atoms with van der Waals surface area (Å²) in [6, 6.07) is 0. The number of rotatable bonds is 6. The molecule has 0 bridgehead atoms. The van der Waals surface area contributed by atoms with Crippen molar-refractivity contribution in [2.75, 3.05) is 0 Å². The number of nitrogens with one attached hydrogen (secondary N) is 2. The van der Waals surface area contributed by atoms with Gasteiger partial charge in [-0.2, -0.15) is 0 Å². The molecule has 0 spiro atoms. The van der Waals surface area contributed by atoms with Crippen LogP contribution in [0.3, 0.4) is 0 Å². The minimum atomic E-state index is -0.341. The Labute approximate surface area is 107 Å². The SMILES string of the molecule is NC(=O)CCCCC(=O)NC1CCCCC(=O)N1. The Balaban J connectivity index is 2.18. The lowest BCUT2D eigenvalue weighted by Crippen LogP contribution is -2.46. The maximum absolute atomic E-state index is 11.6. The average molecular weight is 255 g/mol. The molecule has 1 aliphatic heterocycles. The van der Waals surface area contributed by atoms with Gasteiger partial charge in [-0.15, -0.1) is 0 Å². The van der Waals surface area contributed by atoms with E-state index in [9.17, 15) is 14.4 Å². The van der Waals surface area contributed by atoms with E-state index in [2.05, 4.69) is 10.6 Å². The van der Waals surface area contributed by atoms with Gasteiger partial charge < -0.3 is 16.4 Å². The summed E-state index contributed by atoms with van der Waals surface area (Å²) in [6.45, 7) is 0. The molecule has 1 unspecified atom stereocenters. The Morgan fingerprint density at radius 2 is 2.00 bits per heavy atom. The van der Waals surface area contributed by atoms with Gasteiger partial charge in [-0.1, -0.05) is 0 Å². The van der Waals surface area contributed by atoms with Gasteiger partial charge in [-0.05, 0) is 32.1 Å². The second kappa shape index (κ2) is 7.68. The number of carbonyl (C=O) groups excluding carboxylic acids is 3. The van der Waals surface area contributed by atoms with Crippen molar-refractivity contribution in [1.29, 1.82) is 0 Å². The van der Waals surface area contributed by atoms with Crippen molar-refractivity contribution < 1.29 is 14.4 Å². The Kier molecular flexibility index (Phi) is 6.18. The number of nitrogens with two attached hydrogens (primary N) is 1. The third-order valence-corrected chi connectivity index (χ3v) is 2.89. The van der Waals surface area contributed by atoms with Crippen LogP contribution in [-0.2, 0) is 14.4 Å². The molecular weight excluding hydrogens is 234 g/mol. The highest BCUT2D eigenvalue weighted by Crippen LogP contribution is 2.08. The van der Waals surface area contributed by atoms with Crippen molar-refractivity contribution in [3.05, 3.63) is 0 Å². The second-order valence-electron chi connectivity index (χ2n) is 4.61. The van der Waals surface area contributed by atoms with E-state index >= 15 is 0 Å². The van der Waals surface area contributed by atoms with E-state index in [0.29, 0.717) is 32.1 Å². The highest BCUT2D eigenvalue weighted by atomic mass is 16.2. The summed E-state index contributed by atoms with van der Waals surface area (Å²) in [5, 5.41) is 5.56. The van der Waals surface area contributed by atoms with Gasteiger partial charge in [0.1, 0.15) is 6.17 Å². The number of primary amides is 1. The van der Waals surface area contributed by atoms with Crippen molar-refractivity contribution in [2.24, 2.45) is 5.73 Å². The molecule has 0 aromatic carbocycles. The number of amides is 3. The highest BCUT2D eigenvalue weighted by Gasteiger charge is 2.17. The van der Waals surface area contributed by atoms with Crippen LogP contribution in [0.1, 0.15) is 51.4 Å². The number of unbranched alkanes of at least 4 members (excludes halogenated alkanes) is 1. The van der Waals surface area contributed by atoms with Crippen LogP contribution < -0.4 is 16.4 Å². The summed E-state index contributed by atoms with van der Waals surface area (Å²) in [5.74, 6) is -0.440. The predicted octanol–water partition coefficient (Wildman–Crippen LogP) is 0.165. The largest absolute Gasteiger partial charge is 0.370 e. The van der Waals surface area contributed by atoms with E-state index in [0.717, 1.165) is 19.3 Å². The Morgan fingerprint density at radius 1 is 1.28 bits per heavy atom. The Morgan fingerprint density at radius 3 is 2.72 bits per heavy atom. The molecule has 1 atom stereocenters. The van der Waals surface area contributed by atoms with Crippen LogP contribution in [0, 0.1) is 0 Å². The van der Waals surface area contributed by atoms with Crippen LogP contribution in [0.4, 0.5) is 0 Å². The molecule has 18 heavy (non-hydrogen) atoms. The molecule has 4 N–H and O–H groups in total. The van der Waals surface area contributed by atoms with Gasteiger partial charge in [0, 0.05) is 19.3 Å². The van der Waals surface area contributed by atoms with Crippen LogP contribution in [0.25, 0.3) is 0 Å². The minimum absolute atomic E-state index is 0.00784. The van der Waals surface area contributed by atoms with Crippen LogP contribution in [0.5, 0.6) is 0 Å². The van der Waals surface area contributed by atoms with Crippen molar-refractivity contribution in [3.63, 3.8) is 0 Å². The van der Waals surface area contributed by atoms with Crippen molar-refractivity contribution in [2.45, 2.75) is 57.5 Å². The topological polar surface area (TPSA) is 101 Å². The van der Waals surface area contributed by atoms with Gasteiger partial charge in [0.2, 0.25) is 17.7 Å². The minimum Gasteiger partial charge on any atom is -0.370 e. The summed E-state index contributed by atoms with van der Waals surface area (Å²) in [7, 11) is 0. The maximum Gasteiger partial charge on any atom is 0.221 e. The predicted molar refractivity (Wildman–Crippen MR) is 66.2 cm³/mol. The zero-order valence-electron chi connectivity index (χ0n) is 10.5. The molecule has 0 radical (unpaired) electrons. The van der Waals surface area contributed by atoms with Crippen LogP contribution in [0.15, 0.2) is 0 Å². The fourth-order valence-corrected chi connectivity index (χ4v) is 1.93. The lowest BCUT2D eigenvalue weighted by Gasteiger charge is -2.17. The number of hydrogen-bond donors (Lipinski definition) is 3. The van der Waals surface area contributed by atoms with E-state index in [-0.39, 0.29) is 23.9 Å². The van der Waals surface area contributed by atoms with Gasteiger partial charge >= 0.3 is 0 Å². The van der Waals surface area contributed by atoms with Gasteiger partial charge in [0.15, 0.2) is 0 Å².